The molecule has 1 aromatic rings. The molecule has 2 unspecified atom stereocenters. The molecule has 4 rings (SSSR count). The van der Waals surface area contributed by atoms with E-state index in [0.717, 1.165) is 24.8 Å². The van der Waals surface area contributed by atoms with Crippen LogP contribution in [0, 0.1) is 63.7 Å². The van der Waals surface area contributed by atoms with Crippen LogP contribution in [0.25, 0.3) is 0 Å². The Labute approximate surface area is 144 Å². The van der Waals surface area contributed by atoms with Crippen molar-refractivity contribution in [3.8, 4) is 0 Å². The Morgan fingerprint density at radius 3 is 2.27 bits per heavy atom. The van der Waals surface area contributed by atoms with Gasteiger partial charge in [0.2, 0.25) is 0 Å². The SMILES string of the molecule is O=C([C]1[CH][CH][CH][CH]1)C1CN1Cc1ccco1.[CH]1[CH][CH][CH][CH]1.[Fe+2]. The van der Waals surface area contributed by atoms with Crippen LogP contribution in [-0.2, 0) is 28.4 Å². The van der Waals surface area contributed by atoms with Crippen molar-refractivity contribution in [2.24, 2.45) is 0 Å². The zero-order valence-corrected chi connectivity index (χ0v) is 13.1. The second kappa shape index (κ2) is 8.90. The van der Waals surface area contributed by atoms with Gasteiger partial charge >= 0.3 is 17.1 Å². The van der Waals surface area contributed by atoms with Crippen molar-refractivity contribution >= 4 is 5.78 Å². The number of hydrogen-bond donors (Lipinski definition) is 0. The first-order valence-corrected chi connectivity index (χ1v) is 7.03. The normalized spacial score (nSPS) is 26.9. The summed E-state index contributed by atoms with van der Waals surface area (Å²) in [5.41, 5.74) is 0. The molecule has 0 bridgehead atoms. The van der Waals surface area contributed by atoms with Crippen LogP contribution in [0.2, 0.25) is 0 Å². The number of nitrogens with zero attached hydrogens (tertiary/aromatic N) is 1. The molecular weight excluding hydrogens is 318 g/mol. The van der Waals surface area contributed by atoms with Gasteiger partial charge in [-0.1, -0.05) is 0 Å². The number of carbonyl (C=O) groups is 1. The average molecular weight is 335 g/mol. The van der Waals surface area contributed by atoms with Crippen molar-refractivity contribution in [3.63, 3.8) is 0 Å². The Kier molecular flexibility index (Phi) is 7.20. The summed E-state index contributed by atoms with van der Waals surface area (Å²) in [5, 5.41) is 0. The van der Waals surface area contributed by atoms with E-state index < -0.39 is 0 Å². The molecular formula is C18H17FeNO2+2. The maximum absolute atomic E-state index is 11.9. The summed E-state index contributed by atoms with van der Waals surface area (Å²) in [7, 11) is 0. The third-order valence-corrected chi connectivity index (χ3v) is 3.46. The summed E-state index contributed by atoms with van der Waals surface area (Å²) in [6, 6.07) is 3.85. The van der Waals surface area contributed by atoms with Crippen LogP contribution >= 0.6 is 0 Å². The van der Waals surface area contributed by atoms with Gasteiger partial charge in [0.25, 0.3) is 0 Å². The zero-order chi connectivity index (χ0) is 14.5. The van der Waals surface area contributed by atoms with Crippen LogP contribution in [0.15, 0.2) is 22.8 Å². The van der Waals surface area contributed by atoms with Crippen molar-refractivity contribution in [1.82, 2.24) is 4.90 Å². The summed E-state index contributed by atoms with van der Waals surface area (Å²) in [5.74, 6) is 1.95. The Bertz CT molecular complexity index is 428. The Morgan fingerprint density at radius 2 is 1.73 bits per heavy atom. The van der Waals surface area contributed by atoms with Crippen LogP contribution in [0.1, 0.15) is 5.76 Å². The van der Waals surface area contributed by atoms with E-state index in [4.69, 9.17) is 4.42 Å². The van der Waals surface area contributed by atoms with E-state index in [-0.39, 0.29) is 28.9 Å². The van der Waals surface area contributed by atoms with Gasteiger partial charge in [0.05, 0.1) is 24.8 Å². The molecule has 10 radical (unpaired) electrons. The molecule has 2 heterocycles. The molecule has 2 atom stereocenters. The fraction of sp³-hybridized carbons (Fsp3) is 0.167. The Morgan fingerprint density at radius 1 is 1.09 bits per heavy atom. The molecule has 1 saturated heterocycles. The smallest absolute Gasteiger partial charge is 0.468 e. The van der Waals surface area contributed by atoms with Crippen LogP contribution in [0.5, 0.6) is 0 Å². The van der Waals surface area contributed by atoms with Gasteiger partial charge in [-0.05, 0) is 69.9 Å². The molecule has 1 aliphatic heterocycles. The molecule has 1 aromatic heterocycles. The molecule has 22 heavy (non-hydrogen) atoms. The predicted molar refractivity (Wildman–Crippen MR) is 79.9 cm³/mol. The Balaban J connectivity index is 0.000000253. The molecule has 2 saturated carbocycles. The van der Waals surface area contributed by atoms with E-state index in [1.165, 1.54) is 0 Å². The predicted octanol–water partition coefficient (Wildman–Crippen LogP) is 2.46. The van der Waals surface area contributed by atoms with Gasteiger partial charge in [0.1, 0.15) is 5.76 Å². The fourth-order valence-corrected chi connectivity index (χ4v) is 2.25. The minimum atomic E-state index is 0. The van der Waals surface area contributed by atoms with Gasteiger partial charge in [0, 0.05) is 6.54 Å². The van der Waals surface area contributed by atoms with E-state index in [0.29, 0.717) is 0 Å². The van der Waals surface area contributed by atoms with Crippen molar-refractivity contribution in [1.29, 1.82) is 0 Å². The van der Waals surface area contributed by atoms with Gasteiger partial charge < -0.3 is 4.42 Å². The summed E-state index contributed by atoms with van der Waals surface area (Å²) >= 11 is 0. The molecule has 0 aromatic carbocycles. The minimum absolute atomic E-state index is 0. The minimum Gasteiger partial charge on any atom is -0.468 e. The molecule has 4 heteroatoms. The second-order valence-corrected chi connectivity index (χ2v) is 5.02. The Hall–Kier alpha value is -0.571. The van der Waals surface area contributed by atoms with Crippen molar-refractivity contribution < 1.29 is 26.3 Å². The van der Waals surface area contributed by atoms with Gasteiger partial charge in [0.15, 0.2) is 5.78 Å². The van der Waals surface area contributed by atoms with E-state index >= 15 is 0 Å². The maximum Gasteiger partial charge on any atom is 2.00 e. The standard InChI is InChI=1S/C13H12NO2.C5H5.Fe/c15-13(10-4-1-2-5-10)12-9-14(12)8-11-6-3-7-16-11;1-2-4-5-3-1;/h1-7,12H,8-9H2;1-5H;/q;;+2. The van der Waals surface area contributed by atoms with Crippen LogP contribution in [0.4, 0.5) is 0 Å². The topological polar surface area (TPSA) is 33.2 Å². The fourth-order valence-electron chi connectivity index (χ4n) is 2.25. The molecule has 3 nitrogen and oxygen atoms in total. The number of furan rings is 1. The first-order chi connectivity index (χ1) is 10.3. The third kappa shape index (κ3) is 4.97. The largest absolute Gasteiger partial charge is 2.00 e. The van der Waals surface area contributed by atoms with Gasteiger partial charge in [-0.25, -0.2) is 0 Å². The molecule has 3 fully saturated rings. The summed E-state index contributed by atoms with van der Waals surface area (Å²) in [6.45, 7) is 1.56. The second-order valence-electron chi connectivity index (χ2n) is 5.02. The molecule has 3 aliphatic rings. The van der Waals surface area contributed by atoms with Crippen LogP contribution < -0.4 is 0 Å². The van der Waals surface area contributed by atoms with Crippen molar-refractivity contribution in [2.75, 3.05) is 6.54 Å². The first kappa shape index (κ1) is 17.8. The molecule has 112 valence electrons. The van der Waals surface area contributed by atoms with Gasteiger partial charge in [-0.3, -0.25) is 9.69 Å². The zero-order valence-electron chi connectivity index (χ0n) is 12.0. The molecule has 0 N–H and O–H groups in total. The number of ketones is 1. The monoisotopic (exact) mass is 335 g/mol. The van der Waals surface area contributed by atoms with Gasteiger partial charge in [-0.2, -0.15) is 0 Å². The summed E-state index contributed by atoms with van der Waals surface area (Å²) in [4.78, 5) is 14.0. The van der Waals surface area contributed by atoms with Crippen LogP contribution in [-0.4, -0.2) is 23.3 Å². The quantitative estimate of drug-likeness (QED) is 0.626. The number of rotatable bonds is 4. The molecule has 0 amide bonds. The third-order valence-electron chi connectivity index (χ3n) is 3.46. The first-order valence-electron chi connectivity index (χ1n) is 7.03. The summed E-state index contributed by atoms with van der Waals surface area (Å²) in [6.07, 6.45) is 19.2. The number of carbonyl (C=O) groups excluding carboxylic acids is 1. The average Bonchev–Trinajstić information content (AvgIpc) is 3.06. The van der Waals surface area contributed by atoms with E-state index in [1.807, 2.05) is 69.9 Å². The van der Waals surface area contributed by atoms with E-state index in [9.17, 15) is 4.79 Å². The van der Waals surface area contributed by atoms with E-state index in [1.54, 1.807) is 6.26 Å². The van der Waals surface area contributed by atoms with Crippen LogP contribution in [0.3, 0.4) is 0 Å². The van der Waals surface area contributed by atoms with Crippen molar-refractivity contribution in [3.05, 3.63) is 87.9 Å². The number of Topliss-reactive ketones (excluding diaryl/α,β-unsaturated/α-hetero) is 1. The molecule has 2 aliphatic carbocycles. The summed E-state index contributed by atoms with van der Waals surface area (Å²) < 4.78 is 5.25. The van der Waals surface area contributed by atoms with Crippen molar-refractivity contribution in [2.45, 2.75) is 12.6 Å². The maximum atomic E-state index is 11.9. The molecule has 0 spiro atoms. The van der Waals surface area contributed by atoms with E-state index in [2.05, 4.69) is 4.90 Å². The number of hydrogen-bond acceptors (Lipinski definition) is 3. The van der Waals surface area contributed by atoms with Gasteiger partial charge in [-0.15, -0.1) is 0 Å².